The number of phosphoric acid groups is 1. The van der Waals surface area contributed by atoms with E-state index >= 15 is 0 Å². The molecule has 12 nitrogen and oxygen atoms in total. The van der Waals surface area contributed by atoms with Gasteiger partial charge in [0.25, 0.3) is 0 Å². The highest BCUT2D eigenvalue weighted by Crippen LogP contribution is 2.45. The molecule has 0 amide bonds. The van der Waals surface area contributed by atoms with Gasteiger partial charge < -0.3 is 30.1 Å². The molecule has 1 aliphatic heterocycles. The Hall–Kier alpha value is -3.74. The van der Waals surface area contributed by atoms with E-state index in [4.69, 9.17) is 19.7 Å². The molecule has 3 heterocycles. The van der Waals surface area contributed by atoms with Crippen LogP contribution in [0.2, 0.25) is 0 Å². The smallest absolute Gasteiger partial charge is 0.394 e. The molecule has 5 N–H and O–H groups in total. The fourth-order valence-corrected chi connectivity index (χ4v) is 6.28. The highest BCUT2D eigenvalue weighted by molar-refractivity contribution is 7.46. The van der Waals surface area contributed by atoms with Crippen LogP contribution in [0.25, 0.3) is 43.5 Å². The number of ether oxygens (including phenoxy) is 2. The average molecular weight is 561 g/mol. The predicted molar refractivity (Wildman–Crippen MR) is 146 cm³/mol. The van der Waals surface area contributed by atoms with E-state index in [1.54, 1.807) is 0 Å². The number of aliphatic hydroxyl groups excluding tert-OH is 1. The van der Waals surface area contributed by atoms with Gasteiger partial charge in [-0.1, -0.05) is 54.6 Å². The lowest BCUT2D eigenvalue weighted by atomic mass is 9.92. The summed E-state index contributed by atoms with van der Waals surface area (Å²) in [5, 5.41) is 16.6. The summed E-state index contributed by atoms with van der Waals surface area (Å²) in [5.74, 6) is 0.162. The summed E-state index contributed by atoms with van der Waals surface area (Å²) in [4.78, 5) is 31.8. The Morgan fingerprint density at radius 1 is 0.950 bits per heavy atom. The maximum atomic E-state index is 11.9. The molecule has 0 radical (unpaired) electrons. The van der Waals surface area contributed by atoms with Crippen LogP contribution in [-0.4, -0.2) is 59.3 Å². The fraction of sp³-hybridized carbons (Fsp3) is 0.222. The lowest BCUT2D eigenvalue weighted by Gasteiger charge is -2.25. The zero-order chi connectivity index (χ0) is 27.6. The molecule has 0 saturated carbocycles. The molecule has 0 aliphatic carbocycles. The largest absolute Gasteiger partial charge is 0.470 e. The highest BCUT2D eigenvalue weighted by atomic mass is 31.2. The Morgan fingerprint density at radius 3 is 2.42 bits per heavy atom. The van der Waals surface area contributed by atoms with Crippen molar-refractivity contribution < 1.29 is 33.5 Å². The molecule has 1 aliphatic rings. The minimum atomic E-state index is -4.98. The highest BCUT2D eigenvalue weighted by Gasteiger charge is 2.50. The normalized spacial score (nSPS) is 21.9. The lowest BCUT2D eigenvalue weighted by Crippen LogP contribution is -2.37. The number of nitrogens with two attached hydrogens (primary N) is 1. The first kappa shape index (κ1) is 25.2. The molecule has 4 atom stereocenters. The van der Waals surface area contributed by atoms with Gasteiger partial charge in [-0.15, -0.1) is 0 Å². The van der Waals surface area contributed by atoms with Crippen molar-refractivity contribution in [2.24, 2.45) is 0 Å². The number of hydrogen-bond acceptors (Lipinski definition) is 9. The van der Waals surface area contributed by atoms with E-state index in [0.717, 1.165) is 37.9 Å². The van der Waals surface area contributed by atoms with Gasteiger partial charge in [-0.25, -0.2) is 19.5 Å². The molecular weight excluding hydrogens is 537 g/mol. The molecule has 0 bridgehead atoms. The van der Waals surface area contributed by atoms with Gasteiger partial charge in [-0.2, -0.15) is 0 Å². The third-order valence-electron chi connectivity index (χ3n) is 7.44. The summed E-state index contributed by atoms with van der Waals surface area (Å²) < 4.78 is 30.9. The van der Waals surface area contributed by atoms with Crippen LogP contribution in [0.4, 0.5) is 5.82 Å². The van der Waals surface area contributed by atoms with E-state index in [0.29, 0.717) is 11.2 Å². The van der Waals surface area contributed by atoms with Crippen molar-refractivity contribution in [3.05, 3.63) is 72.8 Å². The van der Waals surface area contributed by atoms with Crippen LogP contribution in [0.1, 0.15) is 11.8 Å². The summed E-state index contributed by atoms with van der Waals surface area (Å²) in [5.41, 5.74) is 7.48. The zero-order valence-corrected chi connectivity index (χ0v) is 21.8. The van der Waals surface area contributed by atoms with Crippen molar-refractivity contribution in [3.8, 4) is 0 Å². The van der Waals surface area contributed by atoms with E-state index in [1.807, 2.05) is 18.2 Å². The van der Waals surface area contributed by atoms with Crippen LogP contribution >= 0.6 is 7.82 Å². The summed E-state index contributed by atoms with van der Waals surface area (Å²) in [6.07, 6.45) is -1.74. The SMILES string of the molecule is Nc1ncnc2c1ncn2[C@@H]1O[C@H](CO)[C@@H](OP(=O)(O)O)[C@H]1OCc1ccc2ccc3cccc4ccc1c2c34. The second-order valence-corrected chi connectivity index (χ2v) is 10.9. The summed E-state index contributed by atoms with van der Waals surface area (Å²) in [6, 6.07) is 18.5. The monoisotopic (exact) mass is 561 g/mol. The standard InChI is InChI=1S/C27H24N5O7P/c28-25-22-26(30-12-29-25)32(13-31-22)27-24(23(19(10-33)38-27)39-40(34,35)36)37-11-17-7-6-16-5-4-14-2-1-3-15-8-9-18(17)21(16)20(14)15/h1-9,12-13,19,23-24,27,33H,10-11H2,(H2,28,29,30)(H2,34,35,36)/t19-,23-,24-,27-/m1/s1. The number of imidazole rings is 1. The maximum absolute atomic E-state index is 11.9. The molecule has 40 heavy (non-hydrogen) atoms. The summed E-state index contributed by atoms with van der Waals surface area (Å²) in [6.45, 7) is -0.495. The van der Waals surface area contributed by atoms with Gasteiger partial charge in [0.1, 0.15) is 30.2 Å². The van der Waals surface area contributed by atoms with Crippen LogP contribution in [0.5, 0.6) is 0 Å². The van der Waals surface area contributed by atoms with E-state index in [9.17, 15) is 19.5 Å². The van der Waals surface area contributed by atoms with Gasteiger partial charge >= 0.3 is 7.82 Å². The topological polar surface area (TPSA) is 175 Å². The molecule has 7 rings (SSSR count). The first-order valence-corrected chi connectivity index (χ1v) is 14.1. The van der Waals surface area contributed by atoms with E-state index in [1.165, 1.54) is 17.2 Å². The Kier molecular flexibility index (Phi) is 5.95. The van der Waals surface area contributed by atoms with Crippen LogP contribution in [0.15, 0.2) is 67.3 Å². The van der Waals surface area contributed by atoms with E-state index in [2.05, 4.69) is 51.4 Å². The zero-order valence-electron chi connectivity index (χ0n) is 20.9. The molecule has 13 heteroatoms. The molecule has 2 aromatic heterocycles. The van der Waals surface area contributed by atoms with Gasteiger partial charge in [0.05, 0.1) is 19.5 Å². The minimum Gasteiger partial charge on any atom is -0.394 e. The number of fused-ring (bicyclic) bond motifs is 1. The Bertz CT molecular complexity index is 1910. The molecule has 0 spiro atoms. The van der Waals surface area contributed by atoms with Crippen molar-refractivity contribution in [2.45, 2.75) is 31.1 Å². The lowest BCUT2D eigenvalue weighted by molar-refractivity contribution is -0.0755. The third kappa shape index (κ3) is 4.09. The van der Waals surface area contributed by atoms with Crippen LogP contribution < -0.4 is 5.73 Å². The number of nitrogens with zero attached hydrogens (tertiary/aromatic N) is 4. The van der Waals surface area contributed by atoms with Crippen LogP contribution in [-0.2, 0) is 25.2 Å². The molecule has 204 valence electrons. The Morgan fingerprint density at radius 2 is 1.68 bits per heavy atom. The number of hydrogen-bond donors (Lipinski definition) is 4. The minimum absolute atomic E-state index is 0.0710. The molecule has 1 fully saturated rings. The number of nitrogen functional groups attached to an aromatic ring is 1. The summed E-state index contributed by atoms with van der Waals surface area (Å²) >= 11 is 0. The number of aromatic nitrogens is 4. The average Bonchev–Trinajstić information content (AvgIpc) is 3.52. The Labute approximate surface area is 226 Å². The third-order valence-corrected chi connectivity index (χ3v) is 7.95. The van der Waals surface area contributed by atoms with Crippen molar-refractivity contribution in [1.29, 1.82) is 0 Å². The first-order chi connectivity index (χ1) is 19.3. The number of benzene rings is 4. The number of anilines is 1. The molecule has 6 aromatic rings. The van der Waals surface area contributed by atoms with E-state index in [-0.39, 0.29) is 12.4 Å². The van der Waals surface area contributed by atoms with Crippen LogP contribution in [0, 0.1) is 0 Å². The second-order valence-electron chi connectivity index (χ2n) is 9.75. The van der Waals surface area contributed by atoms with Crippen molar-refractivity contribution in [2.75, 3.05) is 12.3 Å². The first-order valence-electron chi connectivity index (χ1n) is 12.5. The number of aliphatic hydroxyl groups is 1. The van der Waals surface area contributed by atoms with Gasteiger partial charge in [-0.3, -0.25) is 9.09 Å². The Balaban J connectivity index is 1.30. The number of rotatable bonds is 7. The van der Waals surface area contributed by atoms with Gasteiger partial charge in [0, 0.05) is 0 Å². The molecule has 0 unspecified atom stereocenters. The molecular formula is C27H24N5O7P. The fourth-order valence-electron chi connectivity index (χ4n) is 5.71. The predicted octanol–water partition coefficient (Wildman–Crippen LogP) is 3.26. The van der Waals surface area contributed by atoms with E-state index < -0.39 is 39.0 Å². The second kappa shape index (κ2) is 9.43. The maximum Gasteiger partial charge on any atom is 0.470 e. The molecule has 1 saturated heterocycles. The van der Waals surface area contributed by atoms with Crippen molar-refractivity contribution in [1.82, 2.24) is 19.5 Å². The van der Waals surface area contributed by atoms with Gasteiger partial charge in [-0.05, 0) is 37.9 Å². The number of phosphoric ester groups is 1. The van der Waals surface area contributed by atoms with Gasteiger partial charge in [0.2, 0.25) is 0 Å². The van der Waals surface area contributed by atoms with Crippen molar-refractivity contribution >= 4 is 57.1 Å². The summed E-state index contributed by atoms with van der Waals surface area (Å²) in [7, 11) is -4.98. The quantitative estimate of drug-likeness (QED) is 0.166. The van der Waals surface area contributed by atoms with Gasteiger partial charge in [0.15, 0.2) is 17.7 Å². The molecule has 4 aromatic carbocycles. The van der Waals surface area contributed by atoms with Crippen molar-refractivity contribution in [3.63, 3.8) is 0 Å². The van der Waals surface area contributed by atoms with Crippen LogP contribution in [0.3, 0.4) is 0 Å².